The van der Waals surface area contributed by atoms with Gasteiger partial charge in [-0.2, -0.15) is 0 Å². The zero-order valence-corrected chi connectivity index (χ0v) is 16.3. The third-order valence-electron chi connectivity index (χ3n) is 5.35. The van der Waals surface area contributed by atoms with Crippen LogP contribution in [0.25, 0.3) is 22.3 Å². The molecular formula is C23H21N5O2. The SMILES string of the molecule is NC(=O)c1cccc2c(-c3nc4c(c(NCc5ccccc5)n3)COCC4)[nH]cc12. The summed E-state index contributed by atoms with van der Waals surface area (Å²) in [6, 6.07) is 15.7. The van der Waals surface area contributed by atoms with Crippen molar-refractivity contribution in [2.75, 3.05) is 11.9 Å². The first-order chi connectivity index (χ1) is 14.7. The number of ether oxygens (including phenoxy) is 1. The van der Waals surface area contributed by atoms with Crippen LogP contribution >= 0.6 is 0 Å². The van der Waals surface area contributed by atoms with E-state index in [1.165, 1.54) is 5.56 Å². The van der Waals surface area contributed by atoms with Crippen LogP contribution in [0.4, 0.5) is 5.82 Å². The van der Waals surface area contributed by atoms with E-state index in [2.05, 4.69) is 22.4 Å². The lowest BCUT2D eigenvalue weighted by Gasteiger charge is -2.20. The Kier molecular flexibility index (Phi) is 4.65. The third-order valence-corrected chi connectivity index (χ3v) is 5.35. The maximum Gasteiger partial charge on any atom is 0.249 e. The second kappa shape index (κ2) is 7.61. The predicted molar refractivity (Wildman–Crippen MR) is 115 cm³/mol. The molecule has 0 atom stereocenters. The van der Waals surface area contributed by atoms with E-state index in [-0.39, 0.29) is 0 Å². The van der Waals surface area contributed by atoms with Crippen LogP contribution in [0.3, 0.4) is 0 Å². The molecule has 0 radical (unpaired) electrons. The molecule has 7 heteroatoms. The maximum absolute atomic E-state index is 11.8. The highest BCUT2D eigenvalue weighted by Gasteiger charge is 2.21. The third kappa shape index (κ3) is 3.29. The first-order valence-electron chi connectivity index (χ1n) is 9.86. The molecule has 0 aliphatic carbocycles. The van der Waals surface area contributed by atoms with Crippen LogP contribution in [0, 0.1) is 0 Å². The van der Waals surface area contributed by atoms with Gasteiger partial charge in [-0.25, -0.2) is 9.97 Å². The Morgan fingerprint density at radius 1 is 1.10 bits per heavy atom. The van der Waals surface area contributed by atoms with Crippen LogP contribution in [-0.2, 0) is 24.3 Å². The number of aromatic amines is 1. The Balaban J connectivity index is 1.58. The number of carbonyl (C=O) groups excluding carboxylic acids is 1. The molecule has 7 nitrogen and oxygen atoms in total. The maximum atomic E-state index is 11.8. The fraction of sp³-hybridized carbons (Fsp3) is 0.174. The Morgan fingerprint density at radius 2 is 1.97 bits per heavy atom. The first kappa shape index (κ1) is 18.3. The molecule has 1 aliphatic rings. The van der Waals surface area contributed by atoms with Crippen molar-refractivity contribution in [2.24, 2.45) is 5.73 Å². The summed E-state index contributed by atoms with van der Waals surface area (Å²) in [6.45, 7) is 1.78. The van der Waals surface area contributed by atoms with E-state index in [1.807, 2.05) is 30.3 Å². The van der Waals surface area contributed by atoms with Gasteiger partial charge in [0.25, 0.3) is 0 Å². The van der Waals surface area contributed by atoms with Crippen LogP contribution in [0.1, 0.15) is 27.2 Å². The van der Waals surface area contributed by atoms with Gasteiger partial charge in [0.2, 0.25) is 5.91 Å². The minimum Gasteiger partial charge on any atom is -0.376 e. The van der Waals surface area contributed by atoms with Crippen LogP contribution in [0.15, 0.2) is 54.7 Å². The van der Waals surface area contributed by atoms with E-state index in [0.717, 1.165) is 40.0 Å². The lowest BCUT2D eigenvalue weighted by Crippen LogP contribution is -2.17. The number of amides is 1. The minimum absolute atomic E-state index is 0.458. The second-order valence-electron chi connectivity index (χ2n) is 7.26. The number of H-pyrrole nitrogens is 1. The van der Waals surface area contributed by atoms with Crippen molar-refractivity contribution < 1.29 is 9.53 Å². The molecule has 5 rings (SSSR count). The van der Waals surface area contributed by atoms with Crippen LogP contribution in [0.5, 0.6) is 0 Å². The number of hydrogen-bond donors (Lipinski definition) is 3. The lowest BCUT2D eigenvalue weighted by molar-refractivity contribution is 0.100. The summed E-state index contributed by atoms with van der Waals surface area (Å²) in [5.74, 6) is 0.898. The highest BCUT2D eigenvalue weighted by atomic mass is 16.5. The van der Waals surface area contributed by atoms with E-state index in [1.54, 1.807) is 12.3 Å². The van der Waals surface area contributed by atoms with Crippen molar-refractivity contribution >= 4 is 22.5 Å². The Bertz CT molecular complexity index is 1230. The van der Waals surface area contributed by atoms with Gasteiger partial charge in [0.15, 0.2) is 5.82 Å². The van der Waals surface area contributed by atoms with E-state index in [0.29, 0.717) is 31.1 Å². The van der Waals surface area contributed by atoms with Gasteiger partial charge in [-0.1, -0.05) is 42.5 Å². The molecule has 0 unspecified atom stereocenters. The molecule has 4 aromatic rings. The molecule has 0 bridgehead atoms. The summed E-state index contributed by atoms with van der Waals surface area (Å²) in [5, 5.41) is 5.08. The number of hydrogen-bond acceptors (Lipinski definition) is 5. The lowest BCUT2D eigenvalue weighted by atomic mass is 10.1. The number of nitrogens with two attached hydrogens (primary N) is 1. The van der Waals surface area contributed by atoms with E-state index in [4.69, 9.17) is 20.4 Å². The molecule has 2 aromatic carbocycles. The van der Waals surface area contributed by atoms with Crippen molar-refractivity contribution in [3.8, 4) is 11.5 Å². The van der Waals surface area contributed by atoms with Gasteiger partial charge >= 0.3 is 0 Å². The number of anilines is 1. The topological polar surface area (TPSA) is 106 Å². The molecule has 3 heterocycles. The molecule has 30 heavy (non-hydrogen) atoms. The monoisotopic (exact) mass is 399 g/mol. The van der Waals surface area contributed by atoms with Crippen LogP contribution in [-0.4, -0.2) is 27.5 Å². The smallest absolute Gasteiger partial charge is 0.249 e. The Labute approximate surface area is 173 Å². The van der Waals surface area contributed by atoms with Gasteiger partial charge in [0.05, 0.1) is 24.6 Å². The summed E-state index contributed by atoms with van der Waals surface area (Å²) >= 11 is 0. The molecule has 1 aliphatic heterocycles. The average Bonchev–Trinajstić information content (AvgIpc) is 3.22. The second-order valence-corrected chi connectivity index (χ2v) is 7.26. The summed E-state index contributed by atoms with van der Waals surface area (Å²) < 4.78 is 5.65. The molecule has 0 saturated heterocycles. The standard InChI is InChI=1S/C23H21N5O2/c24-21(29)16-8-4-7-15-17(16)12-25-20(15)23-27-19-9-10-30-13-18(19)22(28-23)26-11-14-5-2-1-3-6-14/h1-8,12,25H,9-11,13H2,(H2,24,29)(H,26,27,28). The van der Waals surface area contributed by atoms with E-state index in [9.17, 15) is 4.79 Å². The van der Waals surface area contributed by atoms with Gasteiger partial charge in [-0.15, -0.1) is 0 Å². The molecule has 4 N–H and O–H groups in total. The van der Waals surface area contributed by atoms with Crippen molar-refractivity contribution in [3.05, 3.63) is 77.1 Å². The fourth-order valence-electron chi connectivity index (χ4n) is 3.83. The van der Waals surface area contributed by atoms with Crippen molar-refractivity contribution in [1.82, 2.24) is 15.0 Å². The number of benzene rings is 2. The van der Waals surface area contributed by atoms with Crippen molar-refractivity contribution in [1.29, 1.82) is 0 Å². The highest BCUT2D eigenvalue weighted by Crippen LogP contribution is 2.31. The van der Waals surface area contributed by atoms with Gasteiger partial charge in [0.1, 0.15) is 5.82 Å². The number of fused-ring (bicyclic) bond motifs is 2. The number of nitrogens with zero attached hydrogens (tertiary/aromatic N) is 2. The molecule has 0 fully saturated rings. The number of primary amides is 1. The number of aromatic nitrogens is 3. The number of rotatable bonds is 5. The fourth-order valence-corrected chi connectivity index (χ4v) is 3.83. The molecular weight excluding hydrogens is 378 g/mol. The zero-order chi connectivity index (χ0) is 20.5. The predicted octanol–water partition coefficient (Wildman–Crippen LogP) is 3.41. The molecule has 2 aromatic heterocycles. The van der Waals surface area contributed by atoms with Crippen LogP contribution < -0.4 is 11.1 Å². The summed E-state index contributed by atoms with van der Waals surface area (Å²) in [5.41, 5.74) is 9.92. The van der Waals surface area contributed by atoms with Gasteiger partial charge in [-0.05, 0) is 11.6 Å². The Hall–Kier alpha value is -3.71. The molecule has 0 spiro atoms. The average molecular weight is 399 g/mol. The summed E-state index contributed by atoms with van der Waals surface area (Å²) in [6.07, 6.45) is 2.52. The van der Waals surface area contributed by atoms with Crippen LogP contribution in [0.2, 0.25) is 0 Å². The quantitative estimate of drug-likeness (QED) is 0.477. The number of nitrogens with one attached hydrogen (secondary N) is 2. The van der Waals surface area contributed by atoms with E-state index < -0.39 is 5.91 Å². The highest BCUT2D eigenvalue weighted by molar-refractivity contribution is 6.09. The molecule has 0 saturated carbocycles. The molecule has 1 amide bonds. The summed E-state index contributed by atoms with van der Waals surface area (Å²) in [7, 11) is 0. The zero-order valence-electron chi connectivity index (χ0n) is 16.3. The normalized spacial score (nSPS) is 13.2. The van der Waals surface area contributed by atoms with Gasteiger partial charge < -0.3 is 20.8 Å². The minimum atomic E-state index is -0.458. The van der Waals surface area contributed by atoms with Gasteiger partial charge in [-0.3, -0.25) is 4.79 Å². The Morgan fingerprint density at radius 3 is 2.80 bits per heavy atom. The van der Waals surface area contributed by atoms with Gasteiger partial charge in [0, 0.05) is 41.1 Å². The van der Waals surface area contributed by atoms with Crippen molar-refractivity contribution in [2.45, 2.75) is 19.6 Å². The molecule has 150 valence electrons. The largest absolute Gasteiger partial charge is 0.376 e. The van der Waals surface area contributed by atoms with E-state index >= 15 is 0 Å². The number of carbonyl (C=O) groups is 1. The first-order valence-corrected chi connectivity index (χ1v) is 9.86. The summed E-state index contributed by atoms with van der Waals surface area (Å²) in [4.78, 5) is 24.7. The van der Waals surface area contributed by atoms with Crippen molar-refractivity contribution in [3.63, 3.8) is 0 Å².